The average molecular weight is 254 g/mol. The summed E-state index contributed by atoms with van der Waals surface area (Å²) < 4.78 is 5.11. The SMILES string of the molecule is C=CCCCCCCCCCCOC(=O)CCC. The van der Waals surface area contributed by atoms with E-state index in [4.69, 9.17) is 4.74 Å². The first-order valence-electron chi connectivity index (χ1n) is 7.57. The first-order chi connectivity index (χ1) is 8.81. The molecule has 0 aliphatic heterocycles. The van der Waals surface area contributed by atoms with Crippen LogP contribution in [0.3, 0.4) is 0 Å². The van der Waals surface area contributed by atoms with Crippen molar-refractivity contribution in [2.45, 2.75) is 77.6 Å². The van der Waals surface area contributed by atoms with Crippen molar-refractivity contribution in [2.75, 3.05) is 6.61 Å². The fraction of sp³-hybridized carbons (Fsp3) is 0.812. The smallest absolute Gasteiger partial charge is 0.305 e. The van der Waals surface area contributed by atoms with Gasteiger partial charge in [0.2, 0.25) is 0 Å². The van der Waals surface area contributed by atoms with Crippen molar-refractivity contribution in [3.05, 3.63) is 12.7 Å². The van der Waals surface area contributed by atoms with Crippen LogP contribution in [0.4, 0.5) is 0 Å². The van der Waals surface area contributed by atoms with Crippen molar-refractivity contribution >= 4 is 5.97 Å². The zero-order chi connectivity index (χ0) is 13.5. The molecule has 0 rings (SSSR count). The summed E-state index contributed by atoms with van der Waals surface area (Å²) in [6.07, 6.45) is 14.7. The van der Waals surface area contributed by atoms with Gasteiger partial charge in [0.15, 0.2) is 0 Å². The minimum Gasteiger partial charge on any atom is -0.466 e. The molecule has 0 amide bonds. The molecule has 0 saturated carbocycles. The predicted octanol–water partition coefficient (Wildman–Crippen LogP) is 5.03. The molecule has 106 valence electrons. The maximum Gasteiger partial charge on any atom is 0.305 e. The van der Waals surface area contributed by atoms with E-state index in [2.05, 4.69) is 6.58 Å². The highest BCUT2D eigenvalue weighted by molar-refractivity contribution is 5.69. The van der Waals surface area contributed by atoms with Crippen LogP contribution >= 0.6 is 0 Å². The van der Waals surface area contributed by atoms with E-state index in [1.165, 1.54) is 44.9 Å². The molecule has 2 heteroatoms. The molecule has 0 spiro atoms. The third kappa shape index (κ3) is 13.3. The van der Waals surface area contributed by atoms with Gasteiger partial charge in [0.1, 0.15) is 0 Å². The summed E-state index contributed by atoms with van der Waals surface area (Å²) >= 11 is 0. The molecule has 0 unspecified atom stereocenters. The Morgan fingerprint density at radius 3 is 2.11 bits per heavy atom. The quantitative estimate of drug-likeness (QED) is 0.262. The lowest BCUT2D eigenvalue weighted by Gasteiger charge is -2.04. The maximum absolute atomic E-state index is 11.1. The van der Waals surface area contributed by atoms with Gasteiger partial charge in [0, 0.05) is 6.42 Å². The zero-order valence-corrected chi connectivity index (χ0v) is 12.1. The van der Waals surface area contributed by atoms with Crippen molar-refractivity contribution in [1.29, 1.82) is 0 Å². The number of hydrogen-bond acceptors (Lipinski definition) is 2. The molecule has 0 aromatic rings. The Labute approximate surface area is 113 Å². The number of ether oxygens (including phenoxy) is 1. The molecule has 2 nitrogen and oxygen atoms in total. The summed E-state index contributed by atoms with van der Waals surface area (Å²) in [5.41, 5.74) is 0. The second-order valence-electron chi connectivity index (χ2n) is 4.88. The van der Waals surface area contributed by atoms with Crippen LogP contribution in [0.1, 0.15) is 77.6 Å². The molecule has 0 aromatic carbocycles. The van der Waals surface area contributed by atoms with Crippen molar-refractivity contribution in [2.24, 2.45) is 0 Å². The highest BCUT2D eigenvalue weighted by Crippen LogP contribution is 2.09. The minimum absolute atomic E-state index is 0.0419. The van der Waals surface area contributed by atoms with E-state index in [9.17, 15) is 4.79 Å². The lowest BCUT2D eigenvalue weighted by atomic mass is 10.1. The zero-order valence-electron chi connectivity index (χ0n) is 12.1. The Morgan fingerprint density at radius 1 is 1.00 bits per heavy atom. The van der Waals surface area contributed by atoms with E-state index in [0.717, 1.165) is 19.3 Å². The van der Waals surface area contributed by atoms with Gasteiger partial charge in [-0.2, -0.15) is 0 Å². The van der Waals surface area contributed by atoms with Crippen molar-refractivity contribution in [3.8, 4) is 0 Å². The Kier molecular flexibility index (Phi) is 13.6. The molecule has 18 heavy (non-hydrogen) atoms. The molecule has 0 aliphatic rings. The van der Waals surface area contributed by atoms with Gasteiger partial charge in [-0.25, -0.2) is 0 Å². The number of carbonyl (C=O) groups is 1. The van der Waals surface area contributed by atoms with E-state index in [-0.39, 0.29) is 5.97 Å². The van der Waals surface area contributed by atoms with E-state index in [1.54, 1.807) is 0 Å². The molecule has 0 heterocycles. The van der Waals surface area contributed by atoms with E-state index in [0.29, 0.717) is 13.0 Å². The molecule has 0 atom stereocenters. The molecule has 0 bridgehead atoms. The monoisotopic (exact) mass is 254 g/mol. The van der Waals surface area contributed by atoms with Gasteiger partial charge in [0.25, 0.3) is 0 Å². The van der Waals surface area contributed by atoms with Gasteiger partial charge >= 0.3 is 5.97 Å². The van der Waals surface area contributed by atoms with Crippen LogP contribution < -0.4 is 0 Å². The molecule has 0 saturated heterocycles. The predicted molar refractivity (Wildman–Crippen MR) is 77.6 cm³/mol. The largest absolute Gasteiger partial charge is 0.466 e. The number of rotatable bonds is 13. The number of unbranched alkanes of at least 4 members (excludes halogenated alkanes) is 8. The van der Waals surface area contributed by atoms with Crippen molar-refractivity contribution < 1.29 is 9.53 Å². The molecular formula is C16H30O2. The van der Waals surface area contributed by atoms with Gasteiger partial charge in [-0.1, -0.05) is 51.5 Å². The highest BCUT2D eigenvalue weighted by atomic mass is 16.5. The van der Waals surface area contributed by atoms with Crippen LogP contribution in [0.2, 0.25) is 0 Å². The molecule has 0 radical (unpaired) electrons. The van der Waals surface area contributed by atoms with Crippen LogP contribution in [0.25, 0.3) is 0 Å². The fourth-order valence-electron chi connectivity index (χ4n) is 1.91. The van der Waals surface area contributed by atoms with Gasteiger partial charge < -0.3 is 4.74 Å². The Bertz CT molecular complexity index is 199. The Morgan fingerprint density at radius 2 is 1.56 bits per heavy atom. The summed E-state index contributed by atoms with van der Waals surface area (Å²) in [5, 5.41) is 0. The van der Waals surface area contributed by atoms with E-state index in [1.807, 2.05) is 13.0 Å². The standard InChI is InChI=1S/C16H30O2/c1-3-5-6-7-8-9-10-11-12-13-15-18-16(17)14-4-2/h3H,1,4-15H2,2H3. The fourth-order valence-corrected chi connectivity index (χ4v) is 1.91. The third-order valence-electron chi connectivity index (χ3n) is 3.02. The average Bonchev–Trinajstić information content (AvgIpc) is 2.36. The van der Waals surface area contributed by atoms with Gasteiger partial charge in [-0.3, -0.25) is 4.79 Å². The summed E-state index contributed by atoms with van der Waals surface area (Å²) in [6.45, 7) is 6.33. The molecule has 0 N–H and O–H groups in total. The van der Waals surface area contributed by atoms with Crippen LogP contribution in [0.15, 0.2) is 12.7 Å². The highest BCUT2D eigenvalue weighted by Gasteiger charge is 1.99. The topological polar surface area (TPSA) is 26.3 Å². The first kappa shape index (κ1) is 17.2. The molecule has 0 aliphatic carbocycles. The van der Waals surface area contributed by atoms with Gasteiger partial charge in [-0.15, -0.1) is 6.58 Å². The number of allylic oxidation sites excluding steroid dienone is 1. The van der Waals surface area contributed by atoms with E-state index >= 15 is 0 Å². The normalized spacial score (nSPS) is 10.3. The van der Waals surface area contributed by atoms with Crippen molar-refractivity contribution in [3.63, 3.8) is 0 Å². The van der Waals surface area contributed by atoms with E-state index < -0.39 is 0 Å². The lowest BCUT2D eigenvalue weighted by molar-refractivity contribution is -0.143. The summed E-state index contributed by atoms with van der Waals surface area (Å²) in [5.74, 6) is -0.0419. The summed E-state index contributed by atoms with van der Waals surface area (Å²) in [4.78, 5) is 11.1. The molecular weight excluding hydrogens is 224 g/mol. The minimum atomic E-state index is -0.0419. The van der Waals surface area contributed by atoms with Gasteiger partial charge in [-0.05, 0) is 25.7 Å². The van der Waals surface area contributed by atoms with Crippen molar-refractivity contribution in [1.82, 2.24) is 0 Å². The third-order valence-corrected chi connectivity index (χ3v) is 3.02. The van der Waals surface area contributed by atoms with Crippen LogP contribution in [0.5, 0.6) is 0 Å². The molecule has 0 fully saturated rings. The first-order valence-corrected chi connectivity index (χ1v) is 7.57. The number of carbonyl (C=O) groups excluding carboxylic acids is 1. The second-order valence-corrected chi connectivity index (χ2v) is 4.88. The summed E-state index contributed by atoms with van der Waals surface area (Å²) in [7, 11) is 0. The maximum atomic E-state index is 11.1. The van der Waals surface area contributed by atoms with Gasteiger partial charge in [0.05, 0.1) is 6.61 Å². The van der Waals surface area contributed by atoms with Crippen LogP contribution in [-0.4, -0.2) is 12.6 Å². The van der Waals surface area contributed by atoms with Crippen LogP contribution in [0, 0.1) is 0 Å². The Balaban J connectivity index is 3.03. The van der Waals surface area contributed by atoms with Crippen LogP contribution in [-0.2, 0) is 9.53 Å². The Hall–Kier alpha value is -0.790. The lowest BCUT2D eigenvalue weighted by Crippen LogP contribution is -2.04. The number of hydrogen-bond donors (Lipinski definition) is 0. The number of esters is 1. The second kappa shape index (κ2) is 14.3. The molecule has 0 aromatic heterocycles. The summed E-state index contributed by atoms with van der Waals surface area (Å²) in [6, 6.07) is 0.